The van der Waals surface area contributed by atoms with Crippen molar-refractivity contribution < 1.29 is 4.39 Å². The van der Waals surface area contributed by atoms with E-state index in [1.165, 1.54) is 23.9 Å². The second kappa shape index (κ2) is 9.17. The normalized spacial score (nSPS) is 11.7. The number of aromatic nitrogens is 1. The summed E-state index contributed by atoms with van der Waals surface area (Å²) in [5.74, 6) is -0.258. The van der Waals surface area contributed by atoms with Crippen LogP contribution in [0.5, 0.6) is 0 Å². The second-order valence-corrected chi connectivity index (χ2v) is 7.69. The molecule has 1 aromatic heterocycles. The predicted molar refractivity (Wildman–Crippen MR) is 114 cm³/mol. The Hall–Kier alpha value is -2.15. The van der Waals surface area contributed by atoms with Gasteiger partial charge in [-0.2, -0.15) is 0 Å². The number of hydrogen-bond acceptors (Lipinski definition) is 3. The molecule has 0 saturated carbocycles. The summed E-state index contributed by atoms with van der Waals surface area (Å²) in [7, 11) is 0. The Morgan fingerprint density at radius 3 is 2.52 bits per heavy atom. The summed E-state index contributed by atoms with van der Waals surface area (Å²) in [5.41, 5.74) is 1.75. The molecular weight excluding hydrogens is 401 g/mol. The monoisotopic (exact) mass is 417 g/mol. The largest absolute Gasteiger partial charge is 0.356 e. The SMILES string of the molecule is C[C@@H](NC(=S)Nc1cccnc1Sc1ccc(Cl)cc1)c1ccc(F)cc1. The molecule has 27 heavy (non-hydrogen) atoms. The number of rotatable bonds is 5. The molecule has 0 saturated heterocycles. The molecule has 138 valence electrons. The number of hydrogen-bond donors (Lipinski definition) is 2. The van der Waals surface area contributed by atoms with Crippen LogP contribution in [0.25, 0.3) is 0 Å². The first-order chi connectivity index (χ1) is 13.0. The van der Waals surface area contributed by atoms with Crippen molar-refractivity contribution in [1.82, 2.24) is 10.3 Å². The summed E-state index contributed by atoms with van der Waals surface area (Å²) >= 11 is 12.9. The average molecular weight is 418 g/mol. The van der Waals surface area contributed by atoms with Crippen LogP contribution in [0.15, 0.2) is 76.8 Å². The van der Waals surface area contributed by atoms with Crippen LogP contribution in [0.1, 0.15) is 18.5 Å². The Balaban J connectivity index is 1.67. The third kappa shape index (κ3) is 5.66. The number of halogens is 2. The van der Waals surface area contributed by atoms with E-state index in [2.05, 4.69) is 15.6 Å². The number of anilines is 1. The molecule has 0 unspecified atom stereocenters. The van der Waals surface area contributed by atoms with Crippen LogP contribution in [-0.2, 0) is 0 Å². The molecule has 0 bridgehead atoms. The van der Waals surface area contributed by atoms with Crippen LogP contribution in [0.3, 0.4) is 0 Å². The molecule has 3 nitrogen and oxygen atoms in total. The zero-order valence-corrected chi connectivity index (χ0v) is 16.8. The van der Waals surface area contributed by atoms with E-state index in [0.717, 1.165) is 21.2 Å². The van der Waals surface area contributed by atoms with Gasteiger partial charge in [-0.3, -0.25) is 0 Å². The molecule has 1 heterocycles. The van der Waals surface area contributed by atoms with Crippen molar-refractivity contribution in [2.24, 2.45) is 0 Å². The Labute approximate surface area is 172 Å². The van der Waals surface area contributed by atoms with Crippen LogP contribution in [0.2, 0.25) is 5.02 Å². The van der Waals surface area contributed by atoms with Crippen LogP contribution in [-0.4, -0.2) is 10.1 Å². The zero-order chi connectivity index (χ0) is 19.2. The highest BCUT2D eigenvalue weighted by Crippen LogP contribution is 2.32. The van der Waals surface area contributed by atoms with E-state index < -0.39 is 0 Å². The van der Waals surface area contributed by atoms with Gasteiger partial charge >= 0.3 is 0 Å². The number of nitrogens with zero attached hydrogens (tertiary/aromatic N) is 1. The molecular formula is C20H17ClFN3S2. The minimum Gasteiger partial charge on any atom is -0.356 e. The van der Waals surface area contributed by atoms with Crippen LogP contribution in [0.4, 0.5) is 10.1 Å². The van der Waals surface area contributed by atoms with Gasteiger partial charge in [-0.25, -0.2) is 9.37 Å². The molecule has 0 radical (unpaired) electrons. The molecule has 0 aliphatic heterocycles. The van der Waals surface area contributed by atoms with Crippen molar-refractivity contribution in [3.05, 3.63) is 83.3 Å². The second-order valence-electron chi connectivity index (χ2n) is 5.78. The van der Waals surface area contributed by atoms with Gasteiger partial charge in [0.05, 0.1) is 11.7 Å². The van der Waals surface area contributed by atoms with Gasteiger partial charge in [0.25, 0.3) is 0 Å². The number of benzene rings is 2. The van der Waals surface area contributed by atoms with Crippen molar-refractivity contribution in [3.63, 3.8) is 0 Å². The maximum atomic E-state index is 13.1. The van der Waals surface area contributed by atoms with Crippen LogP contribution in [0, 0.1) is 5.82 Å². The smallest absolute Gasteiger partial charge is 0.171 e. The van der Waals surface area contributed by atoms with Gasteiger partial charge in [-0.1, -0.05) is 35.5 Å². The van der Waals surface area contributed by atoms with Gasteiger partial charge in [0.1, 0.15) is 10.8 Å². The Morgan fingerprint density at radius 2 is 1.81 bits per heavy atom. The van der Waals surface area contributed by atoms with Crippen molar-refractivity contribution in [3.8, 4) is 0 Å². The van der Waals surface area contributed by atoms with E-state index >= 15 is 0 Å². The molecule has 0 fully saturated rings. The van der Waals surface area contributed by atoms with E-state index in [4.69, 9.17) is 23.8 Å². The molecule has 0 aliphatic rings. The highest BCUT2D eigenvalue weighted by atomic mass is 35.5. The van der Waals surface area contributed by atoms with Crippen molar-refractivity contribution in [2.75, 3.05) is 5.32 Å². The number of thiocarbonyl (C=S) groups is 1. The number of nitrogens with one attached hydrogen (secondary N) is 2. The first kappa shape index (κ1) is 19.6. The topological polar surface area (TPSA) is 37.0 Å². The van der Waals surface area contributed by atoms with Gasteiger partial charge in [0.15, 0.2) is 5.11 Å². The third-order valence-corrected chi connectivity index (χ3v) is 5.26. The fraction of sp³-hybridized carbons (Fsp3) is 0.100. The molecule has 3 rings (SSSR count). The van der Waals surface area contributed by atoms with Crippen molar-refractivity contribution >= 4 is 46.4 Å². The molecule has 0 spiro atoms. The minimum atomic E-state index is -0.258. The summed E-state index contributed by atoms with van der Waals surface area (Å²) in [6.45, 7) is 1.97. The first-order valence-electron chi connectivity index (χ1n) is 8.22. The van der Waals surface area contributed by atoms with Gasteiger partial charge in [0.2, 0.25) is 0 Å². The Morgan fingerprint density at radius 1 is 1.11 bits per heavy atom. The van der Waals surface area contributed by atoms with E-state index in [9.17, 15) is 4.39 Å². The summed E-state index contributed by atoms with van der Waals surface area (Å²) in [6.07, 6.45) is 1.74. The van der Waals surface area contributed by atoms with Gasteiger partial charge in [-0.05, 0) is 73.2 Å². The van der Waals surface area contributed by atoms with Crippen LogP contribution < -0.4 is 10.6 Å². The summed E-state index contributed by atoms with van der Waals surface area (Å²) in [6, 6.07) is 17.6. The quantitative estimate of drug-likeness (QED) is 0.492. The maximum absolute atomic E-state index is 13.1. The predicted octanol–water partition coefficient (Wildman–Crippen LogP) is 6.07. The Kier molecular flexibility index (Phi) is 6.66. The fourth-order valence-corrected chi connectivity index (χ4v) is 3.62. The lowest BCUT2D eigenvalue weighted by Crippen LogP contribution is -2.31. The molecule has 0 amide bonds. The van der Waals surface area contributed by atoms with Crippen LogP contribution >= 0.6 is 35.6 Å². The highest BCUT2D eigenvalue weighted by molar-refractivity contribution is 7.99. The average Bonchev–Trinajstić information content (AvgIpc) is 2.65. The Bertz CT molecular complexity index is 917. The molecule has 3 aromatic rings. The maximum Gasteiger partial charge on any atom is 0.171 e. The standard InChI is InChI=1S/C20H17ClFN3S2/c1-13(14-4-8-16(22)9-5-14)24-20(26)25-18-3-2-12-23-19(18)27-17-10-6-15(21)7-11-17/h2-13H,1H3,(H2,24,25,26)/t13-/m1/s1. The van der Waals surface area contributed by atoms with Crippen molar-refractivity contribution in [2.45, 2.75) is 22.9 Å². The highest BCUT2D eigenvalue weighted by Gasteiger charge is 2.10. The van der Waals surface area contributed by atoms with Crippen molar-refractivity contribution in [1.29, 1.82) is 0 Å². The molecule has 2 N–H and O–H groups in total. The fourth-order valence-electron chi connectivity index (χ4n) is 2.37. The molecule has 0 aliphatic carbocycles. The lowest BCUT2D eigenvalue weighted by atomic mass is 10.1. The summed E-state index contributed by atoms with van der Waals surface area (Å²) in [4.78, 5) is 5.46. The summed E-state index contributed by atoms with van der Waals surface area (Å²) < 4.78 is 13.1. The minimum absolute atomic E-state index is 0.0605. The lowest BCUT2D eigenvalue weighted by molar-refractivity contribution is 0.624. The summed E-state index contributed by atoms with van der Waals surface area (Å²) in [5, 5.41) is 8.36. The number of pyridine rings is 1. The van der Waals surface area contributed by atoms with E-state index in [1.54, 1.807) is 18.3 Å². The van der Waals surface area contributed by atoms with E-state index in [1.807, 2.05) is 43.3 Å². The first-order valence-corrected chi connectivity index (χ1v) is 9.83. The van der Waals surface area contributed by atoms with Gasteiger partial charge in [0, 0.05) is 16.1 Å². The molecule has 2 aromatic carbocycles. The van der Waals surface area contributed by atoms with E-state index in [0.29, 0.717) is 10.1 Å². The van der Waals surface area contributed by atoms with E-state index in [-0.39, 0.29) is 11.9 Å². The molecule has 1 atom stereocenters. The molecule has 7 heteroatoms. The third-order valence-electron chi connectivity index (χ3n) is 3.77. The van der Waals surface area contributed by atoms with Gasteiger partial charge in [-0.15, -0.1) is 0 Å². The van der Waals surface area contributed by atoms with Gasteiger partial charge < -0.3 is 10.6 Å². The zero-order valence-electron chi connectivity index (χ0n) is 14.4. The lowest BCUT2D eigenvalue weighted by Gasteiger charge is -2.18.